The molecular formula is C23H27N3O2S2. The molecule has 0 radical (unpaired) electrons. The maximum absolute atomic E-state index is 12.9. The van der Waals surface area contributed by atoms with E-state index in [2.05, 4.69) is 48.3 Å². The van der Waals surface area contributed by atoms with Crippen LogP contribution in [0.2, 0.25) is 0 Å². The summed E-state index contributed by atoms with van der Waals surface area (Å²) in [6.45, 7) is 5.97. The molecule has 0 bridgehead atoms. The summed E-state index contributed by atoms with van der Waals surface area (Å²) >= 11 is 3.46. The average molecular weight is 442 g/mol. The van der Waals surface area contributed by atoms with Crippen LogP contribution in [0.4, 0.5) is 0 Å². The Balaban J connectivity index is 1.31. The van der Waals surface area contributed by atoms with Gasteiger partial charge in [0, 0.05) is 40.6 Å². The van der Waals surface area contributed by atoms with Gasteiger partial charge in [-0.05, 0) is 47.9 Å². The monoisotopic (exact) mass is 441 g/mol. The fourth-order valence-corrected chi connectivity index (χ4v) is 5.27. The molecule has 7 heteroatoms. The highest BCUT2D eigenvalue weighted by Crippen LogP contribution is 2.25. The Morgan fingerprint density at radius 1 is 1.30 bits per heavy atom. The number of benzene rings is 1. The Morgan fingerprint density at radius 3 is 2.87 bits per heavy atom. The van der Waals surface area contributed by atoms with Crippen LogP contribution in [0.1, 0.15) is 38.1 Å². The van der Waals surface area contributed by atoms with Gasteiger partial charge in [0.05, 0.1) is 6.42 Å². The van der Waals surface area contributed by atoms with E-state index in [1.807, 2.05) is 33.5 Å². The van der Waals surface area contributed by atoms with Crippen molar-refractivity contribution in [2.24, 2.45) is 5.92 Å². The predicted molar refractivity (Wildman–Crippen MR) is 122 cm³/mol. The third kappa shape index (κ3) is 5.52. The number of thioether (sulfide) groups is 1. The zero-order valence-electron chi connectivity index (χ0n) is 17.4. The van der Waals surface area contributed by atoms with Gasteiger partial charge in [-0.15, -0.1) is 11.8 Å². The lowest BCUT2D eigenvalue weighted by Gasteiger charge is -2.32. The average Bonchev–Trinajstić information content (AvgIpc) is 3.41. The number of rotatable bonds is 7. The van der Waals surface area contributed by atoms with Gasteiger partial charge in [0.2, 0.25) is 17.6 Å². The van der Waals surface area contributed by atoms with Crippen LogP contribution >= 0.6 is 23.1 Å². The highest BCUT2D eigenvalue weighted by Gasteiger charge is 2.25. The van der Waals surface area contributed by atoms with Crippen LogP contribution in [-0.2, 0) is 17.6 Å². The first-order chi connectivity index (χ1) is 14.6. The van der Waals surface area contributed by atoms with E-state index >= 15 is 0 Å². The van der Waals surface area contributed by atoms with Crippen molar-refractivity contribution >= 4 is 29.0 Å². The zero-order chi connectivity index (χ0) is 20.9. The van der Waals surface area contributed by atoms with Crippen LogP contribution in [0.3, 0.4) is 0 Å². The lowest BCUT2D eigenvalue weighted by Crippen LogP contribution is -2.41. The quantitative estimate of drug-likeness (QED) is 0.464. The number of likely N-dealkylation sites (tertiary alicyclic amines) is 1. The molecule has 0 N–H and O–H groups in total. The first kappa shape index (κ1) is 21.1. The van der Waals surface area contributed by atoms with E-state index < -0.39 is 0 Å². The molecule has 1 aliphatic heterocycles. The Morgan fingerprint density at radius 2 is 2.13 bits per heavy atom. The van der Waals surface area contributed by atoms with Crippen LogP contribution < -0.4 is 0 Å². The standard InChI is InChI=1S/C23H27N3O2S2/c1-16(2)30-20-7-5-17(6-8-20)13-22(27)26-10-3-4-18(14-26)12-21-24-23(25-28-21)19-9-11-29-15-19/h5-9,11,15-16,18H,3-4,10,12-14H2,1-2H3/t18-/m0/s1. The van der Waals surface area contributed by atoms with Gasteiger partial charge < -0.3 is 9.42 Å². The van der Waals surface area contributed by atoms with Gasteiger partial charge in [-0.25, -0.2) is 0 Å². The molecule has 0 unspecified atom stereocenters. The van der Waals surface area contributed by atoms with Gasteiger partial charge in [-0.3, -0.25) is 4.79 Å². The minimum Gasteiger partial charge on any atom is -0.342 e. The Bertz CT molecular complexity index is 951. The molecule has 1 aliphatic rings. The molecule has 0 aliphatic carbocycles. The number of thiophene rings is 1. The minimum absolute atomic E-state index is 0.202. The maximum atomic E-state index is 12.9. The van der Waals surface area contributed by atoms with Crippen molar-refractivity contribution in [3.05, 3.63) is 52.5 Å². The Labute approximate surface area is 185 Å². The zero-order valence-corrected chi connectivity index (χ0v) is 19.0. The lowest BCUT2D eigenvalue weighted by atomic mass is 9.94. The van der Waals surface area contributed by atoms with Crippen LogP contribution in [0.5, 0.6) is 0 Å². The summed E-state index contributed by atoms with van der Waals surface area (Å²) in [4.78, 5) is 20.6. The molecule has 3 aromatic rings. The van der Waals surface area contributed by atoms with E-state index in [0.717, 1.165) is 43.5 Å². The Hall–Kier alpha value is -2.12. The number of hydrogen-bond acceptors (Lipinski definition) is 6. The molecule has 0 saturated carbocycles. The molecule has 1 amide bonds. The van der Waals surface area contributed by atoms with Crippen LogP contribution in [-0.4, -0.2) is 39.3 Å². The van der Waals surface area contributed by atoms with Crippen molar-refractivity contribution in [3.63, 3.8) is 0 Å². The number of piperidine rings is 1. The minimum atomic E-state index is 0.202. The molecule has 1 atom stereocenters. The van der Waals surface area contributed by atoms with Crippen molar-refractivity contribution in [1.29, 1.82) is 0 Å². The molecule has 1 fully saturated rings. The van der Waals surface area contributed by atoms with E-state index in [4.69, 9.17) is 4.52 Å². The van der Waals surface area contributed by atoms with Gasteiger partial charge in [0.1, 0.15) is 0 Å². The van der Waals surface area contributed by atoms with Crippen molar-refractivity contribution < 1.29 is 9.32 Å². The SMILES string of the molecule is CC(C)Sc1ccc(CC(=O)N2CCC[C@@H](Cc3nc(-c4ccsc4)no3)C2)cc1. The second-order valence-corrected chi connectivity index (χ2v) is 10.5. The van der Waals surface area contributed by atoms with E-state index in [1.165, 1.54) is 4.90 Å². The smallest absolute Gasteiger partial charge is 0.227 e. The summed E-state index contributed by atoms with van der Waals surface area (Å²) in [5, 5.41) is 8.68. The number of nitrogens with zero attached hydrogens (tertiary/aromatic N) is 3. The molecule has 0 spiro atoms. The van der Waals surface area contributed by atoms with Crippen molar-refractivity contribution in [1.82, 2.24) is 15.0 Å². The second kappa shape index (κ2) is 9.79. The first-order valence-electron chi connectivity index (χ1n) is 10.5. The molecular weight excluding hydrogens is 414 g/mol. The van der Waals surface area contributed by atoms with Gasteiger partial charge in [0.25, 0.3) is 0 Å². The molecule has 158 valence electrons. The summed E-state index contributed by atoms with van der Waals surface area (Å²) in [6, 6.07) is 10.4. The maximum Gasteiger partial charge on any atom is 0.227 e. The molecule has 5 nitrogen and oxygen atoms in total. The number of carbonyl (C=O) groups excluding carboxylic acids is 1. The van der Waals surface area contributed by atoms with Gasteiger partial charge >= 0.3 is 0 Å². The highest BCUT2D eigenvalue weighted by atomic mass is 32.2. The highest BCUT2D eigenvalue weighted by molar-refractivity contribution is 7.99. The number of hydrogen-bond donors (Lipinski definition) is 0. The molecule has 1 aromatic carbocycles. The summed E-state index contributed by atoms with van der Waals surface area (Å²) in [5.74, 6) is 1.87. The van der Waals surface area contributed by atoms with E-state index in [9.17, 15) is 4.79 Å². The lowest BCUT2D eigenvalue weighted by molar-refractivity contribution is -0.132. The van der Waals surface area contributed by atoms with Crippen LogP contribution in [0, 0.1) is 5.92 Å². The Kier molecular flexibility index (Phi) is 6.89. The van der Waals surface area contributed by atoms with E-state index in [1.54, 1.807) is 11.3 Å². The molecule has 4 rings (SSSR count). The fourth-order valence-electron chi connectivity index (χ4n) is 3.80. The summed E-state index contributed by atoms with van der Waals surface area (Å²) in [5.41, 5.74) is 2.07. The van der Waals surface area contributed by atoms with Crippen LogP contribution in [0.25, 0.3) is 11.4 Å². The van der Waals surface area contributed by atoms with Gasteiger partial charge in [-0.2, -0.15) is 16.3 Å². The van der Waals surface area contributed by atoms with Gasteiger partial charge in [0.15, 0.2) is 0 Å². The summed E-state index contributed by atoms with van der Waals surface area (Å²) in [6.07, 6.45) is 3.29. The summed E-state index contributed by atoms with van der Waals surface area (Å²) in [7, 11) is 0. The number of aromatic nitrogens is 2. The normalized spacial score (nSPS) is 16.9. The molecule has 2 aromatic heterocycles. The van der Waals surface area contributed by atoms with Crippen LogP contribution in [0.15, 0.2) is 50.5 Å². The third-order valence-corrected chi connectivity index (χ3v) is 6.93. The van der Waals surface area contributed by atoms with Gasteiger partial charge in [-0.1, -0.05) is 31.1 Å². The molecule has 3 heterocycles. The molecule has 1 saturated heterocycles. The summed E-state index contributed by atoms with van der Waals surface area (Å²) < 4.78 is 5.46. The van der Waals surface area contributed by atoms with Crippen molar-refractivity contribution in [2.45, 2.75) is 49.7 Å². The molecule has 30 heavy (non-hydrogen) atoms. The van der Waals surface area contributed by atoms with E-state index in [0.29, 0.717) is 29.3 Å². The fraction of sp³-hybridized carbons (Fsp3) is 0.435. The van der Waals surface area contributed by atoms with E-state index in [-0.39, 0.29) is 5.91 Å². The number of carbonyl (C=O) groups is 1. The van der Waals surface area contributed by atoms with Crippen molar-refractivity contribution in [3.8, 4) is 11.4 Å². The topological polar surface area (TPSA) is 59.2 Å². The predicted octanol–water partition coefficient (Wildman–Crippen LogP) is 5.32. The largest absolute Gasteiger partial charge is 0.342 e. The number of amides is 1. The van der Waals surface area contributed by atoms with Crippen molar-refractivity contribution in [2.75, 3.05) is 13.1 Å². The third-order valence-electron chi connectivity index (χ3n) is 5.23. The first-order valence-corrected chi connectivity index (χ1v) is 12.3. The second-order valence-electron chi connectivity index (χ2n) is 8.06.